The van der Waals surface area contributed by atoms with Crippen molar-refractivity contribution in [2.75, 3.05) is 0 Å². The van der Waals surface area contributed by atoms with Crippen molar-refractivity contribution in [3.05, 3.63) is 87.7 Å². The molecule has 6 nitrogen and oxygen atoms in total. The van der Waals surface area contributed by atoms with Gasteiger partial charge in [-0.1, -0.05) is 42.1 Å². The number of rotatable bonds is 5. The maximum atomic E-state index is 12.5. The molecule has 0 N–H and O–H groups in total. The first-order chi connectivity index (χ1) is 13.0. The Morgan fingerprint density at radius 1 is 1.11 bits per heavy atom. The van der Waals surface area contributed by atoms with Crippen LogP contribution in [0.1, 0.15) is 21.7 Å². The molecule has 2 aromatic carbocycles. The van der Waals surface area contributed by atoms with Gasteiger partial charge in [-0.25, -0.2) is 4.68 Å². The third-order valence-electron chi connectivity index (χ3n) is 3.92. The average molecular weight is 379 g/mol. The molecule has 7 heteroatoms. The summed E-state index contributed by atoms with van der Waals surface area (Å²) in [6.07, 6.45) is 3.25. The van der Waals surface area contributed by atoms with Crippen LogP contribution in [-0.4, -0.2) is 20.6 Å². The topological polar surface area (TPSA) is 78.0 Å². The van der Waals surface area contributed by atoms with Gasteiger partial charge in [0.1, 0.15) is 0 Å². The molecule has 0 aliphatic rings. The number of nitro groups is 1. The fraction of sp³-hybridized carbons (Fsp3) is 0.100. The summed E-state index contributed by atoms with van der Waals surface area (Å²) in [7, 11) is 0. The maximum absolute atomic E-state index is 12.5. The summed E-state index contributed by atoms with van der Waals surface area (Å²) < 4.78 is 1.38. The molecular weight excluding hydrogens is 362 g/mol. The molecule has 136 valence electrons. The first-order valence-corrected chi connectivity index (χ1v) is 9.03. The number of allylic oxidation sites excluding steroid dienone is 1. The molecule has 0 spiro atoms. The fourth-order valence-electron chi connectivity index (χ4n) is 2.55. The third kappa shape index (κ3) is 4.32. The number of benzene rings is 2. The predicted octanol–water partition coefficient (Wildman–Crippen LogP) is 4.91. The van der Waals surface area contributed by atoms with Gasteiger partial charge in [0, 0.05) is 23.1 Å². The number of nitrogens with zero attached hydrogens (tertiary/aromatic N) is 3. The summed E-state index contributed by atoms with van der Waals surface area (Å²) in [6.45, 7) is 3.67. The van der Waals surface area contributed by atoms with Crippen LogP contribution in [0.3, 0.4) is 0 Å². The Morgan fingerprint density at radius 2 is 1.78 bits per heavy atom. The molecule has 3 rings (SSSR count). The van der Waals surface area contributed by atoms with Crippen LogP contribution < -0.4 is 0 Å². The van der Waals surface area contributed by atoms with Crippen molar-refractivity contribution in [2.24, 2.45) is 0 Å². The van der Waals surface area contributed by atoms with E-state index in [4.69, 9.17) is 0 Å². The molecule has 0 saturated heterocycles. The van der Waals surface area contributed by atoms with Crippen LogP contribution in [0.2, 0.25) is 0 Å². The zero-order chi connectivity index (χ0) is 19.4. The molecule has 0 atom stereocenters. The lowest BCUT2D eigenvalue weighted by Gasteiger charge is -2.03. The van der Waals surface area contributed by atoms with Crippen LogP contribution in [0.25, 0.3) is 6.08 Å². The van der Waals surface area contributed by atoms with E-state index in [-0.39, 0.29) is 11.6 Å². The second kappa shape index (κ2) is 8.01. The molecule has 1 heterocycles. The minimum Gasteiger partial charge on any atom is -0.267 e. The van der Waals surface area contributed by atoms with Crippen LogP contribution >= 0.6 is 11.8 Å². The van der Waals surface area contributed by atoms with Gasteiger partial charge in [0.2, 0.25) is 0 Å². The van der Waals surface area contributed by atoms with Crippen LogP contribution in [0.5, 0.6) is 0 Å². The van der Waals surface area contributed by atoms with E-state index >= 15 is 0 Å². The Bertz CT molecular complexity index is 1010. The van der Waals surface area contributed by atoms with Crippen molar-refractivity contribution < 1.29 is 9.72 Å². The zero-order valence-electron chi connectivity index (χ0n) is 14.8. The smallest absolute Gasteiger partial charge is 0.267 e. The number of aryl methyl sites for hydroxylation is 1. The van der Waals surface area contributed by atoms with E-state index in [0.717, 1.165) is 26.7 Å². The summed E-state index contributed by atoms with van der Waals surface area (Å²) >= 11 is 1.43. The van der Waals surface area contributed by atoms with Gasteiger partial charge in [-0.3, -0.25) is 14.9 Å². The maximum Gasteiger partial charge on any atom is 0.271 e. The number of hydrogen-bond donors (Lipinski definition) is 0. The standard InChI is InChI=1S/C20H17N3O3S/c1-14-20(27-18-11-9-17(10-12-18)23(25)26)15(2)22(21-14)19(24)13-8-16-6-4-3-5-7-16/h3-13H,1-2H3. The van der Waals surface area contributed by atoms with Crippen LogP contribution in [0.15, 0.2) is 70.5 Å². The van der Waals surface area contributed by atoms with Gasteiger partial charge in [0.05, 0.1) is 21.2 Å². The van der Waals surface area contributed by atoms with Gasteiger partial charge in [-0.15, -0.1) is 0 Å². The van der Waals surface area contributed by atoms with Crippen LogP contribution in [-0.2, 0) is 0 Å². The van der Waals surface area contributed by atoms with Gasteiger partial charge in [-0.05, 0) is 37.6 Å². The quantitative estimate of drug-likeness (QED) is 0.357. The average Bonchev–Trinajstić information content (AvgIpc) is 2.95. The molecule has 0 fully saturated rings. The second-order valence-corrected chi connectivity index (χ2v) is 6.93. The molecule has 0 radical (unpaired) electrons. The Hall–Kier alpha value is -3.19. The summed E-state index contributed by atoms with van der Waals surface area (Å²) in [6, 6.07) is 15.9. The summed E-state index contributed by atoms with van der Waals surface area (Å²) in [4.78, 5) is 24.6. The van der Waals surface area contributed by atoms with Crippen molar-refractivity contribution in [3.63, 3.8) is 0 Å². The number of non-ortho nitro benzene ring substituents is 1. The van der Waals surface area contributed by atoms with E-state index in [9.17, 15) is 14.9 Å². The normalized spacial score (nSPS) is 11.0. The number of hydrogen-bond acceptors (Lipinski definition) is 5. The Labute approximate surface area is 160 Å². The largest absolute Gasteiger partial charge is 0.271 e. The molecule has 0 amide bonds. The monoisotopic (exact) mass is 379 g/mol. The molecule has 3 aromatic rings. The van der Waals surface area contributed by atoms with Crippen molar-refractivity contribution in [3.8, 4) is 0 Å². The van der Waals surface area contributed by atoms with E-state index in [2.05, 4.69) is 5.10 Å². The summed E-state index contributed by atoms with van der Waals surface area (Å²) in [5.41, 5.74) is 2.45. The lowest BCUT2D eigenvalue weighted by atomic mass is 10.2. The van der Waals surface area contributed by atoms with Crippen LogP contribution in [0.4, 0.5) is 5.69 Å². The number of aromatic nitrogens is 2. The van der Waals surface area contributed by atoms with E-state index in [1.807, 2.05) is 44.2 Å². The van der Waals surface area contributed by atoms with Crippen LogP contribution in [0, 0.1) is 24.0 Å². The molecule has 0 aliphatic carbocycles. The van der Waals surface area contributed by atoms with Gasteiger partial charge in [-0.2, -0.15) is 5.10 Å². The fourth-order valence-corrected chi connectivity index (χ4v) is 3.48. The van der Waals surface area contributed by atoms with E-state index < -0.39 is 4.92 Å². The summed E-state index contributed by atoms with van der Waals surface area (Å²) in [5, 5.41) is 15.1. The first kappa shape index (κ1) is 18.6. The molecule has 0 unspecified atom stereocenters. The lowest BCUT2D eigenvalue weighted by molar-refractivity contribution is -0.384. The number of nitro benzene ring substituents is 1. The van der Waals surface area contributed by atoms with Gasteiger partial charge in [0.25, 0.3) is 11.6 Å². The Morgan fingerprint density at radius 3 is 2.41 bits per heavy atom. The van der Waals surface area contributed by atoms with Crippen molar-refractivity contribution in [1.29, 1.82) is 0 Å². The molecule has 0 saturated carbocycles. The highest BCUT2D eigenvalue weighted by Gasteiger charge is 2.16. The minimum atomic E-state index is -0.430. The minimum absolute atomic E-state index is 0.0460. The highest BCUT2D eigenvalue weighted by atomic mass is 32.2. The first-order valence-electron chi connectivity index (χ1n) is 8.21. The SMILES string of the molecule is Cc1nn(C(=O)C=Cc2ccccc2)c(C)c1Sc1ccc([N+](=O)[O-])cc1. The Balaban J connectivity index is 1.80. The van der Waals surface area contributed by atoms with Crippen molar-refractivity contribution in [2.45, 2.75) is 23.6 Å². The van der Waals surface area contributed by atoms with Gasteiger partial charge < -0.3 is 0 Å². The number of carbonyl (C=O) groups is 1. The number of carbonyl (C=O) groups excluding carboxylic acids is 1. The predicted molar refractivity (Wildman–Crippen MR) is 105 cm³/mol. The van der Waals surface area contributed by atoms with Crippen molar-refractivity contribution in [1.82, 2.24) is 9.78 Å². The highest BCUT2D eigenvalue weighted by molar-refractivity contribution is 7.99. The van der Waals surface area contributed by atoms with E-state index in [0.29, 0.717) is 0 Å². The molecule has 27 heavy (non-hydrogen) atoms. The third-order valence-corrected chi connectivity index (χ3v) is 5.22. The zero-order valence-corrected chi connectivity index (χ0v) is 15.6. The van der Waals surface area contributed by atoms with E-state index in [1.165, 1.54) is 34.7 Å². The lowest BCUT2D eigenvalue weighted by Crippen LogP contribution is -2.11. The molecule has 0 aliphatic heterocycles. The second-order valence-electron chi connectivity index (χ2n) is 5.85. The summed E-state index contributed by atoms with van der Waals surface area (Å²) in [5.74, 6) is -0.227. The molecule has 0 bridgehead atoms. The van der Waals surface area contributed by atoms with E-state index in [1.54, 1.807) is 18.2 Å². The highest BCUT2D eigenvalue weighted by Crippen LogP contribution is 2.33. The Kier molecular flexibility index (Phi) is 5.52. The van der Waals surface area contributed by atoms with Gasteiger partial charge >= 0.3 is 0 Å². The molecule has 1 aromatic heterocycles. The van der Waals surface area contributed by atoms with Crippen molar-refractivity contribution >= 4 is 29.4 Å². The molecular formula is C20H17N3O3S. The van der Waals surface area contributed by atoms with Gasteiger partial charge in [0.15, 0.2) is 0 Å².